The third kappa shape index (κ3) is 5.46. The first-order valence-electron chi connectivity index (χ1n) is 9.94. The summed E-state index contributed by atoms with van der Waals surface area (Å²) in [5.41, 5.74) is 0.922. The van der Waals surface area contributed by atoms with E-state index in [1.165, 1.54) is 4.90 Å². The van der Waals surface area contributed by atoms with Gasteiger partial charge in [-0.2, -0.15) is 8.42 Å². The van der Waals surface area contributed by atoms with Crippen LogP contribution in [0, 0.1) is 5.82 Å². The summed E-state index contributed by atoms with van der Waals surface area (Å²) >= 11 is 6.73. The van der Waals surface area contributed by atoms with Crippen LogP contribution in [0.2, 0.25) is 5.02 Å². The van der Waals surface area contributed by atoms with Gasteiger partial charge in [0.05, 0.1) is 10.6 Å². The molecule has 3 aromatic carbocycles. The highest BCUT2D eigenvalue weighted by Crippen LogP contribution is 2.35. The molecule has 11 heteroatoms. The van der Waals surface area contributed by atoms with E-state index in [4.69, 9.17) is 11.6 Å². The van der Waals surface area contributed by atoms with Crippen LogP contribution < -0.4 is 10.2 Å². The molecule has 2 amide bonds. The number of carbonyl (C=O) groups excluding carboxylic acids is 2. The minimum Gasteiger partial charge on any atom is -0.326 e. The lowest BCUT2D eigenvalue weighted by Gasteiger charge is -2.16. The summed E-state index contributed by atoms with van der Waals surface area (Å²) in [7, 11) is -4.24. The first kappa shape index (κ1) is 23.9. The van der Waals surface area contributed by atoms with Gasteiger partial charge in [-0.3, -0.25) is 14.5 Å². The Morgan fingerprint density at radius 2 is 1.68 bits per heavy atom. The molecule has 0 aromatic heterocycles. The molecule has 1 heterocycles. The van der Waals surface area contributed by atoms with Crippen molar-refractivity contribution < 1.29 is 22.4 Å². The molecule has 4 rings (SSSR count). The van der Waals surface area contributed by atoms with E-state index in [0.717, 1.165) is 36.0 Å². The molecular formula is C23H17ClFN3O4S2. The molecule has 0 aliphatic carbocycles. The number of hydrogen-bond donors (Lipinski definition) is 1. The number of halogens is 2. The Kier molecular flexibility index (Phi) is 7.01. The molecule has 1 aliphatic rings. The molecule has 1 fully saturated rings. The van der Waals surface area contributed by atoms with Crippen LogP contribution in [0.3, 0.4) is 0 Å². The van der Waals surface area contributed by atoms with Crippen molar-refractivity contribution in [1.82, 2.24) is 0 Å². The number of carbonyl (C=O) groups is 2. The highest BCUT2D eigenvalue weighted by atomic mass is 35.5. The number of nitrogens with zero attached hydrogens (tertiary/aromatic N) is 2. The van der Waals surface area contributed by atoms with Crippen molar-refractivity contribution in [2.45, 2.75) is 16.6 Å². The summed E-state index contributed by atoms with van der Waals surface area (Å²) in [6.07, 6.45) is -0.203. The van der Waals surface area contributed by atoms with E-state index >= 15 is 0 Å². The van der Waals surface area contributed by atoms with Crippen molar-refractivity contribution in [3.63, 3.8) is 0 Å². The average molecular weight is 518 g/mol. The van der Waals surface area contributed by atoms with Crippen molar-refractivity contribution in [2.75, 3.05) is 10.2 Å². The predicted octanol–water partition coefficient (Wildman–Crippen LogP) is 4.70. The topological polar surface area (TPSA) is 95.9 Å². The second-order valence-electron chi connectivity index (χ2n) is 7.18. The van der Waals surface area contributed by atoms with Gasteiger partial charge in [0, 0.05) is 17.1 Å². The van der Waals surface area contributed by atoms with Crippen molar-refractivity contribution in [3.8, 4) is 0 Å². The molecular weight excluding hydrogens is 501 g/mol. The summed E-state index contributed by atoms with van der Waals surface area (Å²) in [5.74, 6) is -1.49. The minimum atomic E-state index is -4.24. The number of hydrogen-bond acceptors (Lipinski definition) is 5. The minimum absolute atomic E-state index is 0.0928. The second-order valence-corrected chi connectivity index (χ2v) is 10.4. The van der Waals surface area contributed by atoms with E-state index in [-0.39, 0.29) is 16.5 Å². The Balaban J connectivity index is 1.61. The summed E-state index contributed by atoms with van der Waals surface area (Å²) < 4.78 is 42.7. The number of anilines is 2. The molecule has 0 bridgehead atoms. The molecule has 7 nitrogen and oxygen atoms in total. The normalized spacial score (nSPS) is 17.2. The van der Waals surface area contributed by atoms with Gasteiger partial charge in [0.1, 0.15) is 11.1 Å². The van der Waals surface area contributed by atoms with Crippen LogP contribution in [0.1, 0.15) is 6.42 Å². The van der Waals surface area contributed by atoms with Crippen molar-refractivity contribution in [3.05, 3.63) is 89.7 Å². The molecule has 1 N–H and O–H groups in total. The van der Waals surface area contributed by atoms with Gasteiger partial charge in [-0.25, -0.2) is 4.39 Å². The van der Waals surface area contributed by atoms with E-state index in [1.807, 2.05) is 0 Å². The smallest absolute Gasteiger partial charge is 0.284 e. The highest BCUT2D eigenvalue weighted by molar-refractivity contribution is 8.16. The number of amides is 2. The number of benzene rings is 3. The van der Waals surface area contributed by atoms with Crippen LogP contribution in [0.5, 0.6) is 0 Å². The van der Waals surface area contributed by atoms with Gasteiger partial charge in [0.15, 0.2) is 5.17 Å². The quantitative estimate of drug-likeness (QED) is 0.511. The molecule has 1 saturated heterocycles. The van der Waals surface area contributed by atoms with Crippen LogP contribution in [0.4, 0.5) is 15.8 Å². The fourth-order valence-electron chi connectivity index (χ4n) is 3.15. The fraction of sp³-hybridized carbons (Fsp3) is 0.0870. The van der Waals surface area contributed by atoms with Crippen molar-refractivity contribution in [1.29, 1.82) is 0 Å². The summed E-state index contributed by atoms with van der Waals surface area (Å²) in [6.45, 7) is 0. The van der Waals surface area contributed by atoms with Crippen LogP contribution in [0.15, 0.2) is 88.2 Å². The van der Waals surface area contributed by atoms with Gasteiger partial charge < -0.3 is 5.32 Å². The zero-order valence-electron chi connectivity index (χ0n) is 17.4. The standard InChI is InChI=1S/C23H17ClFN3O4S2/c24-15-6-10-17(11-7-15)26-21(29)14-20-22(30)28(18-4-2-1-3-5-18)23(33-20)27-34(31,32)19-12-8-16(25)9-13-19/h1-13,20H,14H2,(H,26,29)/t20-/m0/s1. The van der Waals surface area contributed by atoms with Crippen LogP contribution in [-0.4, -0.2) is 30.6 Å². The Morgan fingerprint density at radius 1 is 1.03 bits per heavy atom. The number of nitrogens with one attached hydrogen (secondary N) is 1. The van der Waals surface area contributed by atoms with E-state index in [9.17, 15) is 22.4 Å². The van der Waals surface area contributed by atoms with Gasteiger partial charge in [-0.1, -0.05) is 41.6 Å². The maximum Gasteiger partial charge on any atom is 0.284 e. The maximum atomic E-state index is 13.2. The van der Waals surface area contributed by atoms with Gasteiger partial charge in [0.2, 0.25) is 11.8 Å². The molecule has 3 aromatic rings. The van der Waals surface area contributed by atoms with E-state index in [1.54, 1.807) is 54.6 Å². The first-order chi connectivity index (χ1) is 16.2. The van der Waals surface area contributed by atoms with Crippen molar-refractivity contribution >= 4 is 61.7 Å². The number of sulfonamides is 1. The third-order valence-corrected chi connectivity index (χ3v) is 7.54. The molecule has 1 atom stereocenters. The summed E-state index contributed by atoms with van der Waals surface area (Å²) in [4.78, 5) is 26.7. The van der Waals surface area contributed by atoms with Gasteiger partial charge in [-0.15, -0.1) is 4.40 Å². The lowest BCUT2D eigenvalue weighted by molar-refractivity contribution is -0.121. The van der Waals surface area contributed by atoms with Gasteiger partial charge >= 0.3 is 0 Å². The Labute approximate surface area is 204 Å². The summed E-state index contributed by atoms with van der Waals surface area (Å²) in [6, 6.07) is 19.1. The molecule has 174 valence electrons. The number of thioether (sulfide) groups is 1. The van der Waals surface area contributed by atoms with E-state index in [0.29, 0.717) is 16.4 Å². The maximum absolute atomic E-state index is 13.2. The molecule has 1 aliphatic heterocycles. The van der Waals surface area contributed by atoms with Crippen LogP contribution in [-0.2, 0) is 19.6 Å². The third-order valence-electron chi connectivity index (χ3n) is 4.76. The van der Waals surface area contributed by atoms with E-state index in [2.05, 4.69) is 9.71 Å². The predicted molar refractivity (Wildman–Crippen MR) is 131 cm³/mol. The summed E-state index contributed by atoms with van der Waals surface area (Å²) in [5, 5.41) is 2.22. The lowest BCUT2D eigenvalue weighted by atomic mass is 10.2. The Bertz CT molecular complexity index is 1350. The lowest BCUT2D eigenvalue weighted by Crippen LogP contribution is -2.33. The Morgan fingerprint density at radius 3 is 2.32 bits per heavy atom. The van der Waals surface area contributed by atoms with Gasteiger partial charge in [-0.05, 0) is 60.7 Å². The number of amidine groups is 1. The zero-order chi connectivity index (χ0) is 24.3. The fourth-order valence-corrected chi connectivity index (χ4v) is 5.61. The Hall–Kier alpha value is -3.21. The first-order valence-corrected chi connectivity index (χ1v) is 12.6. The van der Waals surface area contributed by atoms with Crippen molar-refractivity contribution in [2.24, 2.45) is 4.40 Å². The molecule has 0 saturated carbocycles. The molecule has 0 radical (unpaired) electrons. The zero-order valence-corrected chi connectivity index (χ0v) is 19.8. The molecule has 34 heavy (non-hydrogen) atoms. The molecule has 0 unspecified atom stereocenters. The molecule has 0 spiro atoms. The number of rotatable bonds is 6. The van der Waals surface area contributed by atoms with Crippen LogP contribution >= 0.6 is 23.4 Å². The largest absolute Gasteiger partial charge is 0.326 e. The SMILES string of the molecule is O=C(C[C@@H]1SC(=NS(=O)(=O)c2ccc(F)cc2)N(c2ccccc2)C1=O)Nc1ccc(Cl)cc1. The van der Waals surface area contributed by atoms with Crippen LogP contribution in [0.25, 0.3) is 0 Å². The average Bonchev–Trinajstić information content (AvgIpc) is 3.10. The second kappa shape index (κ2) is 9.96. The van der Waals surface area contributed by atoms with E-state index < -0.39 is 32.9 Å². The van der Waals surface area contributed by atoms with Gasteiger partial charge in [0.25, 0.3) is 10.0 Å². The highest BCUT2D eigenvalue weighted by Gasteiger charge is 2.41. The monoisotopic (exact) mass is 517 g/mol. The number of para-hydroxylation sites is 1.